The summed E-state index contributed by atoms with van der Waals surface area (Å²) in [6, 6.07) is 3.94. The highest BCUT2D eigenvalue weighted by molar-refractivity contribution is 7.91. The molecule has 1 aromatic carbocycles. The lowest BCUT2D eigenvalue weighted by Crippen LogP contribution is -2.41. The van der Waals surface area contributed by atoms with Gasteiger partial charge in [0.1, 0.15) is 5.82 Å². The topological polar surface area (TPSA) is 85.2 Å². The Kier molecular flexibility index (Phi) is 5.08. The largest absolute Gasteiger partial charge is 0.333 e. The number of aromatic nitrogens is 3. The number of carbonyl (C=O) groups is 1. The molecule has 1 atom stereocenters. The molecule has 1 amide bonds. The van der Waals surface area contributed by atoms with Gasteiger partial charge in [-0.15, -0.1) is 5.10 Å². The lowest BCUT2D eigenvalue weighted by Gasteiger charge is -2.26. The highest BCUT2D eigenvalue weighted by Gasteiger charge is 2.35. The standard InChI is InChI=1S/C17H21FN4O3S/c1-3-7-21(14-6-8-26(24,25)11-14)17(23)15-10-22(20-19-15)16-5-4-13(18)9-12(16)2/h4-5,9-10,14H,3,6-8,11H2,1-2H3/t14-/m1/s1. The Morgan fingerprint density at radius 3 is 2.81 bits per heavy atom. The van der Waals surface area contributed by atoms with Crippen LogP contribution in [0.25, 0.3) is 5.69 Å². The summed E-state index contributed by atoms with van der Waals surface area (Å²) >= 11 is 0. The van der Waals surface area contributed by atoms with E-state index >= 15 is 0 Å². The first-order chi connectivity index (χ1) is 12.3. The zero-order valence-electron chi connectivity index (χ0n) is 14.7. The van der Waals surface area contributed by atoms with Crippen LogP contribution < -0.4 is 0 Å². The van der Waals surface area contributed by atoms with Crippen LogP contribution in [0.3, 0.4) is 0 Å². The van der Waals surface area contributed by atoms with Gasteiger partial charge in [0.2, 0.25) is 0 Å². The van der Waals surface area contributed by atoms with Gasteiger partial charge in [-0.2, -0.15) is 0 Å². The van der Waals surface area contributed by atoms with Gasteiger partial charge >= 0.3 is 0 Å². The monoisotopic (exact) mass is 380 g/mol. The minimum absolute atomic E-state index is 0.00997. The Labute approximate surface area is 151 Å². The molecule has 3 rings (SSSR count). The second-order valence-electron chi connectivity index (χ2n) is 6.53. The molecule has 0 N–H and O–H groups in total. The molecule has 0 spiro atoms. The minimum Gasteiger partial charge on any atom is -0.333 e. The highest BCUT2D eigenvalue weighted by Crippen LogP contribution is 2.21. The number of aryl methyl sites for hydroxylation is 1. The molecule has 1 aliphatic rings. The predicted octanol–water partition coefficient (Wildman–Crippen LogP) is 1.75. The number of amides is 1. The Morgan fingerprint density at radius 1 is 1.42 bits per heavy atom. The lowest BCUT2D eigenvalue weighted by molar-refractivity contribution is 0.0691. The van der Waals surface area contributed by atoms with Crippen molar-refractivity contribution in [2.75, 3.05) is 18.1 Å². The second kappa shape index (κ2) is 7.14. The SMILES string of the molecule is CCCN(C(=O)c1cn(-c2ccc(F)cc2C)nn1)[C@@H]1CCS(=O)(=O)C1. The van der Waals surface area contributed by atoms with E-state index in [1.807, 2.05) is 6.92 Å². The van der Waals surface area contributed by atoms with Crippen molar-refractivity contribution in [1.82, 2.24) is 19.9 Å². The van der Waals surface area contributed by atoms with E-state index < -0.39 is 9.84 Å². The van der Waals surface area contributed by atoms with Crippen LogP contribution in [-0.4, -0.2) is 58.3 Å². The van der Waals surface area contributed by atoms with Gasteiger partial charge in [0.25, 0.3) is 5.91 Å². The van der Waals surface area contributed by atoms with Gasteiger partial charge < -0.3 is 4.90 Å². The maximum Gasteiger partial charge on any atom is 0.276 e. The average Bonchev–Trinajstić information content (AvgIpc) is 3.18. The molecule has 0 bridgehead atoms. The van der Waals surface area contributed by atoms with Gasteiger partial charge in [0.05, 0.1) is 23.4 Å². The van der Waals surface area contributed by atoms with Gasteiger partial charge in [0.15, 0.2) is 15.5 Å². The van der Waals surface area contributed by atoms with E-state index in [-0.39, 0.29) is 35.0 Å². The summed E-state index contributed by atoms with van der Waals surface area (Å²) in [5.74, 6) is -0.587. The number of hydrogen-bond acceptors (Lipinski definition) is 5. The molecule has 0 aliphatic carbocycles. The maximum atomic E-state index is 13.3. The number of carbonyl (C=O) groups excluding carboxylic acids is 1. The van der Waals surface area contributed by atoms with Crippen molar-refractivity contribution in [3.05, 3.63) is 41.5 Å². The Hall–Kier alpha value is -2.29. The highest BCUT2D eigenvalue weighted by atomic mass is 32.2. The number of halogens is 1. The van der Waals surface area contributed by atoms with Crippen molar-refractivity contribution in [1.29, 1.82) is 0 Å². The molecule has 1 fully saturated rings. The first kappa shape index (κ1) is 18.5. The number of hydrogen-bond donors (Lipinski definition) is 0. The number of benzene rings is 1. The fourth-order valence-electron chi connectivity index (χ4n) is 3.21. The Morgan fingerprint density at radius 2 is 2.19 bits per heavy atom. The van der Waals surface area contributed by atoms with Gasteiger partial charge in [-0.1, -0.05) is 12.1 Å². The zero-order valence-corrected chi connectivity index (χ0v) is 15.5. The van der Waals surface area contributed by atoms with E-state index in [0.717, 1.165) is 0 Å². The third kappa shape index (κ3) is 3.77. The molecular formula is C17H21FN4O3S. The van der Waals surface area contributed by atoms with E-state index in [1.165, 1.54) is 23.0 Å². The molecule has 2 aromatic rings. The summed E-state index contributed by atoms with van der Waals surface area (Å²) in [7, 11) is -3.09. The molecule has 1 saturated heterocycles. The zero-order chi connectivity index (χ0) is 18.9. The van der Waals surface area contributed by atoms with Crippen molar-refractivity contribution in [2.24, 2.45) is 0 Å². The van der Waals surface area contributed by atoms with Crippen LogP contribution in [0.1, 0.15) is 35.8 Å². The van der Waals surface area contributed by atoms with Crippen LogP contribution in [0.5, 0.6) is 0 Å². The summed E-state index contributed by atoms with van der Waals surface area (Å²) in [5.41, 5.74) is 1.44. The summed E-state index contributed by atoms with van der Waals surface area (Å²) in [6.45, 7) is 4.14. The molecule has 2 heterocycles. The molecule has 7 nitrogen and oxygen atoms in total. The molecule has 1 aliphatic heterocycles. The van der Waals surface area contributed by atoms with Crippen molar-refractivity contribution >= 4 is 15.7 Å². The van der Waals surface area contributed by atoms with E-state index in [0.29, 0.717) is 30.6 Å². The smallest absolute Gasteiger partial charge is 0.276 e. The van der Waals surface area contributed by atoms with Crippen molar-refractivity contribution in [2.45, 2.75) is 32.7 Å². The molecule has 140 valence electrons. The molecule has 1 aromatic heterocycles. The third-order valence-corrected chi connectivity index (χ3v) is 6.24. The number of nitrogens with zero attached hydrogens (tertiary/aromatic N) is 4. The van der Waals surface area contributed by atoms with Crippen LogP contribution in [0.2, 0.25) is 0 Å². The summed E-state index contributed by atoms with van der Waals surface area (Å²) < 4.78 is 38.2. The van der Waals surface area contributed by atoms with Gasteiger partial charge in [0, 0.05) is 12.6 Å². The normalized spacial score (nSPS) is 18.8. The fourth-order valence-corrected chi connectivity index (χ4v) is 4.95. The molecule has 26 heavy (non-hydrogen) atoms. The molecule has 0 radical (unpaired) electrons. The van der Waals surface area contributed by atoms with Crippen molar-refractivity contribution < 1.29 is 17.6 Å². The minimum atomic E-state index is -3.09. The van der Waals surface area contributed by atoms with Crippen molar-refractivity contribution in [3.8, 4) is 5.69 Å². The van der Waals surface area contributed by atoms with Crippen LogP contribution in [0, 0.1) is 12.7 Å². The predicted molar refractivity (Wildman–Crippen MR) is 94.4 cm³/mol. The number of sulfone groups is 1. The summed E-state index contributed by atoms with van der Waals surface area (Å²) in [4.78, 5) is 14.5. The quantitative estimate of drug-likeness (QED) is 0.789. The first-order valence-electron chi connectivity index (χ1n) is 8.51. The molecule has 0 unspecified atom stereocenters. The van der Waals surface area contributed by atoms with Crippen LogP contribution in [-0.2, 0) is 9.84 Å². The van der Waals surface area contributed by atoms with Crippen molar-refractivity contribution in [3.63, 3.8) is 0 Å². The van der Waals surface area contributed by atoms with Crippen LogP contribution >= 0.6 is 0 Å². The van der Waals surface area contributed by atoms with Crippen LogP contribution in [0.4, 0.5) is 4.39 Å². The Balaban J connectivity index is 1.85. The molecular weight excluding hydrogens is 359 g/mol. The van der Waals surface area contributed by atoms with E-state index in [9.17, 15) is 17.6 Å². The summed E-state index contributed by atoms with van der Waals surface area (Å²) in [6.07, 6.45) is 2.65. The molecule has 9 heteroatoms. The third-order valence-electron chi connectivity index (χ3n) is 4.49. The van der Waals surface area contributed by atoms with E-state index in [4.69, 9.17) is 0 Å². The average molecular weight is 380 g/mol. The van der Waals surface area contributed by atoms with Gasteiger partial charge in [-0.25, -0.2) is 17.5 Å². The van der Waals surface area contributed by atoms with Gasteiger partial charge in [-0.05, 0) is 43.5 Å². The van der Waals surface area contributed by atoms with E-state index in [2.05, 4.69) is 10.3 Å². The first-order valence-corrected chi connectivity index (χ1v) is 10.3. The van der Waals surface area contributed by atoms with Crippen LogP contribution in [0.15, 0.2) is 24.4 Å². The van der Waals surface area contributed by atoms with Gasteiger partial charge in [-0.3, -0.25) is 4.79 Å². The lowest BCUT2D eigenvalue weighted by atomic mass is 10.2. The number of rotatable bonds is 5. The van der Waals surface area contributed by atoms with E-state index in [1.54, 1.807) is 17.9 Å². The summed E-state index contributed by atoms with van der Waals surface area (Å²) in [5, 5.41) is 7.92. The second-order valence-corrected chi connectivity index (χ2v) is 8.76. The molecule has 0 saturated carbocycles. The fraction of sp³-hybridized carbons (Fsp3) is 0.471. The maximum absolute atomic E-state index is 13.3. The Bertz CT molecular complexity index is 926.